The summed E-state index contributed by atoms with van der Waals surface area (Å²) in [5.41, 5.74) is 0. The first-order chi connectivity index (χ1) is 16.1. The molecule has 4 atom stereocenters. The van der Waals surface area contributed by atoms with Gasteiger partial charge in [-0.2, -0.15) is 0 Å². The molecular formula is C25H48N4O6. The number of amides is 4. The van der Waals surface area contributed by atoms with E-state index in [4.69, 9.17) is 4.74 Å². The second-order valence-electron chi connectivity index (χ2n) is 10.6. The van der Waals surface area contributed by atoms with Crippen molar-refractivity contribution in [3.8, 4) is 0 Å². The van der Waals surface area contributed by atoms with Gasteiger partial charge < -0.3 is 31.1 Å². The predicted octanol–water partition coefficient (Wildman–Crippen LogP) is 2.09. The van der Waals surface area contributed by atoms with Gasteiger partial charge in [-0.3, -0.25) is 14.4 Å². The van der Waals surface area contributed by atoms with Crippen LogP contribution in [0.4, 0.5) is 4.79 Å². The highest BCUT2D eigenvalue weighted by Gasteiger charge is 2.31. The third kappa shape index (κ3) is 14.6. The Labute approximate surface area is 210 Å². The van der Waals surface area contributed by atoms with Crippen LogP contribution in [-0.2, 0) is 19.1 Å². The average molecular weight is 501 g/mol. The smallest absolute Gasteiger partial charge is 0.408 e. The molecule has 0 saturated heterocycles. The van der Waals surface area contributed by atoms with E-state index < -0.39 is 42.1 Å². The van der Waals surface area contributed by atoms with Gasteiger partial charge in [0, 0.05) is 6.54 Å². The second kappa shape index (κ2) is 16.3. The fourth-order valence-corrected chi connectivity index (χ4v) is 3.34. The van der Waals surface area contributed by atoms with Crippen molar-refractivity contribution >= 4 is 23.8 Å². The van der Waals surface area contributed by atoms with E-state index in [0.29, 0.717) is 18.9 Å². The summed E-state index contributed by atoms with van der Waals surface area (Å²) in [5, 5.41) is 21.5. The number of carbonyl (C=O) groups excluding carboxylic acids is 4. The molecule has 0 heterocycles. The summed E-state index contributed by atoms with van der Waals surface area (Å²) in [6.45, 7) is 17.1. The van der Waals surface area contributed by atoms with E-state index in [2.05, 4.69) is 35.1 Å². The zero-order valence-electron chi connectivity index (χ0n) is 22.9. The summed E-state index contributed by atoms with van der Waals surface area (Å²) in [6.07, 6.45) is -1.23. The molecule has 0 rings (SSSR count). The molecule has 10 heteroatoms. The Bertz CT molecular complexity index is 681. The Hall–Kier alpha value is -2.36. The standard InChI is InChI=1S/C25H48N4O6/c1-14(2)10-11-26-23(32)18(9)27-21(31)13-20(30)19(12-15(3)4)28-24(33)22(16(5)6)29-25(34)35-17(7)8/h14-20,22,30H,10-13H2,1-9H3,(H,26,32)(H,27,31)(H,28,33)(H,29,34)/t18-,19-,20-,22-/m0/s1. The van der Waals surface area contributed by atoms with Crippen molar-refractivity contribution in [2.75, 3.05) is 6.54 Å². The third-order valence-corrected chi connectivity index (χ3v) is 5.27. The lowest BCUT2D eigenvalue weighted by Crippen LogP contribution is -2.55. The van der Waals surface area contributed by atoms with Crippen LogP contribution < -0.4 is 21.3 Å². The van der Waals surface area contributed by atoms with Crippen LogP contribution in [-0.4, -0.2) is 65.8 Å². The Morgan fingerprint density at radius 1 is 0.800 bits per heavy atom. The molecule has 0 aromatic heterocycles. The number of aliphatic hydroxyl groups is 1. The van der Waals surface area contributed by atoms with Crippen LogP contribution in [0.5, 0.6) is 0 Å². The van der Waals surface area contributed by atoms with Gasteiger partial charge in [-0.15, -0.1) is 0 Å². The van der Waals surface area contributed by atoms with Crippen LogP contribution in [0.25, 0.3) is 0 Å². The van der Waals surface area contributed by atoms with Crippen molar-refractivity contribution in [1.29, 1.82) is 0 Å². The fourth-order valence-electron chi connectivity index (χ4n) is 3.34. The molecule has 10 nitrogen and oxygen atoms in total. The third-order valence-electron chi connectivity index (χ3n) is 5.27. The van der Waals surface area contributed by atoms with Gasteiger partial charge in [0.15, 0.2) is 0 Å². The maximum Gasteiger partial charge on any atom is 0.408 e. The van der Waals surface area contributed by atoms with Crippen molar-refractivity contribution in [2.24, 2.45) is 17.8 Å². The number of rotatable bonds is 15. The molecule has 0 aromatic carbocycles. The van der Waals surface area contributed by atoms with E-state index >= 15 is 0 Å². The van der Waals surface area contributed by atoms with Crippen molar-refractivity contribution in [3.63, 3.8) is 0 Å². The molecule has 0 saturated carbocycles. The van der Waals surface area contributed by atoms with E-state index in [0.717, 1.165) is 6.42 Å². The molecule has 0 fully saturated rings. The van der Waals surface area contributed by atoms with Crippen LogP contribution >= 0.6 is 0 Å². The first-order valence-electron chi connectivity index (χ1n) is 12.7. The van der Waals surface area contributed by atoms with Crippen molar-refractivity contribution in [3.05, 3.63) is 0 Å². The SMILES string of the molecule is CC(C)CCNC(=O)[C@H](C)NC(=O)C[C@H](O)[C@H](CC(C)C)NC(=O)[C@@H](NC(=O)OC(C)C)C(C)C. The highest BCUT2D eigenvalue weighted by atomic mass is 16.6. The van der Waals surface area contributed by atoms with Crippen LogP contribution in [0.2, 0.25) is 0 Å². The average Bonchev–Trinajstić information content (AvgIpc) is 2.69. The van der Waals surface area contributed by atoms with Gasteiger partial charge >= 0.3 is 6.09 Å². The minimum atomic E-state index is -1.17. The van der Waals surface area contributed by atoms with E-state index in [-0.39, 0.29) is 30.3 Å². The van der Waals surface area contributed by atoms with Gasteiger partial charge in [0.05, 0.1) is 24.7 Å². The number of hydrogen-bond donors (Lipinski definition) is 5. The highest BCUT2D eigenvalue weighted by molar-refractivity contribution is 5.88. The molecule has 0 bridgehead atoms. The molecule has 0 unspecified atom stereocenters. The lowest BCUT2D eigenvalue weighted by Gasteiger charge is -2.29. The largest absolute Gasteiger partial charge is 0.447 e. The molecule has 0 aromatic rings. The minimum Gasteiger partial charge on any atom is -0.447 e. The van der Waals surface area contributed by atoms with Gasteiger partial charge in [-0.1, -0.05) is 41.5 Å². The molecule has 0 aliphatic rings. The Balaban J connectivity index is 5.09. The lowest BCUT2D eigenvalue weighted by atomic mass is 9.95. The molecule has 0 spiro atoms. The van der Waals surface area contributed by atoms with Crippen LogP contribution in [0.3, 0.4) is 0 Å². The van der Waals surface area contributed by atoms with Gasteiger partial charge in [-0.25, -0.2) is 4.79 Å². The topological polar surface area (TPSA) is 146 Å². The van der Waals surface area contributed by atoms with E-state index in [1.165, 1.54) is 0 Å². The first-order valence-corrected chi connectivity index (χ1v) is 12.7. The van der Waals surface area contributed by atoms with Crippen LogP contribution in [0.1, 0.15) is 81.6 Å². The predicted molar refractivity (Wildman–Crippen MR) is 135 cm³/mol. The lowest BCUT2D eigenvalue weighted by molar-refractivity contribution is -0.130. The summed E-state index contributed by atoms with van der Waals surface area (Å²) in [6, 6.07) is -2.33. The van der Waals surface area contributed by atoms with E-state index in [9.17, 15) is 24.3 Å². The second-order valence-corrected chi connectivity index (χ2v) is 10.6. The highest BCUT2D eigenvalue weighted by Crippen LogP contribution is 2.13. The van der Waals surface area contributed by atoms with Gasteiger partial charge in [0.1, 0.15) is 12.1 Å². The molecule has 0 radical (unpaired) electrons. The van der Waals surface area contributed by atoms with E-state index in [1.54, 1.807) is 34.6 Å². The normalized spacial score (nSPS) is 14.9. The van der Waals surface area contributed by atoms with Gasteiger partial charge in [0.25, 0.3) is 0 Å². The first kappa shape index (κ1) is 32.6. The summed E-state index contributed by atoms with van der Waals surface area (Å²) in [5.74, 6) is -0.908. The fraction of sp³-hybridized carbons (Fsp3) is 0.840. The van der Waals surface area contributed by atoms with Crippen molar-refractivity contribution < 1.29 is 29.0 Å². The molecule has 0 aliphatic carbocycles. The summed E-state index contributed by atoms with van der Waals surface area (Å²) in [4.78, 5) is 49.6. The zero-order valence-corrected chi connectivity index (χ0v) is 22.9. The summed E-state index contributed by atoms with van der Waals surface area (Å²) >= 11 is 0. The Morgan fingerprint density at radius 2 is 1.40 bits per heavy atom. The number of hydrogen-bond acceptors (Lipinski definition) is 6. The quantitative estimate of drug-likeness (QED) is 0.233. The van der Waals surface area contributed by atoms with Crippen LogP contribution in [0, 0.1) is 17.8 Å². The maximum absolute atomic E-state index is 13.0. The van der Waals surface area contributed by atoms with Gasteiger partial charge in [0.2, 0.25) is 17.7 Å². The minimum absolute atomic E-state index is 0.125. The van der Waals surface area contributed by atoms with Crippen molar-refractivity contribution in [2.45, 2.75) is 112 Å². The van der Waals surface area contributed by atoms with Crippen LogP contribution in [0.15, 0.2) is 0 Å². The molecule has 204 valence electrons. The number of alkyl carbamates (subject to hydrolysis) is 1. The van der Waals surface area contributed by atoms with Gasteiger partial charge in [-0.05, 0) is 51.4 Å². The molecular weight excluding hydrogens is 452 g/mol. The molecule has 4 amide bonds. The monoisotopic (exact) mass is 500 g/mol. The summed E-state index contributed by atoms with van der Waals surface area (Å²) in [7, 11) is 0. The molecule has 5 N–H and O–H groups in total. The number of aliphatic hydroxyl groups excluding tert-OH is 1. The van der Waals surface area contributed by atoms with E-state index in [1.807, 2.05) is 13.8 Å². The van der Waals surface area contributed by atoms with Crippen molar-refractivity contribution in [1.82, 2.24) is 21.3 Å². The maximum atomic E-state index is 13.0. The number of ether oxygens (including phenoxy) is 1. The number of nitrogens with one attached hydrogen (secondary N) is 4. The zero-order chi connectivity index (χ0) is 27.3. The number of carbonyl (C=O) groups is 4. The Morgan fingerprint density at radius 3 is 1.89 bits per heavy atom. The molecule has 35 heavy (non-hydrogen) atoms. The Kier molecular flexibility index (Phi) is 15.2. The molecule has 0 aliphatic heterocycles. The summed E-state index contributed by atoms with van der Waals surface area (Å²) < 4.78 is 5.08.